The number of aliphatic hydroxyl groups excluding tert-OH is 1. The van der Waals surface area contributed by atoms with Crippen LogP contribution in [0.25, 0.3) is 0 Å². The van der Waals surface area contributed by atoms with Crippen LogP contribution in [-0.2, 0) is 4.79 Å². The van der Waals surface area contributed by atoms with Crippen LogP contribution in [0.3, 0.4) is 0 Å². The van der Waals surface area contributed by atoms with Crippen LogP contribution in [0.1, 0.15) is 27.2 Å². The second kappa shape index (κ2) is 7.22. The van der Waals surface area contributed by atoms with E-state index < -0.39 is 0 Å². The van der Waals surface area contributed by atoms with E-state index in [1.807, 2.05) is 39.8 Å². The van der Waals surface area contributed by atoms with Gasteiger partial charge in [-0.15, -0.1) is 0 Å². The molecule has 1 fully saturated rings. The predicted octanol–water partition coefficient (Wildman–Crippen LogP) is 0.240. The number of aliphatic hydroxyl groups is 1. The van der Waals surface area contributed by atoms with Gasteiger partial charge >= 0.3 is 0 Å². The monoisotopic (exact) mass is 271 g/mol. The van der Waals surface area contributed by atoms with Crippen molar-refractivity contribution in [2.45, 2.75) is 45.4 Å². The third kappa shape index (κ3) is 4.16. The van der Waals surface area contributed by atoms with Gasteiger partial charge in [0.15, 0.2) is 0 Å². The lowest BCUT2D eigenvalue weighted by atomic mass is 10.1. The molecule has 0 aromatic heterocycles. The zero-order valence-corrected chi connectivity index (χ0v) is 13.0. The average Bonchev–Trinajstić information content (AvgIpc) is 2.69. The molecule has 3 unspecified atom stereocenters. The molecular weight excluding hydrogens is 242 g/mol. The second-order valence-electron chi connectivity index (χ2n) is 5.69. The van der Waals surface area contributed by atoms with Gasteiger partial charge in [0.1, 0.15) is 0 Å². The third-order valence-corrected chi connectivity index (χ3v) is 3.94. The van der Waals surface area contributed by atoms with E-state index in [1.165, 1.54) is 0 Å². The smallest absolute Gasteiger partial charge is 0.239 e. The summed E-state index contributed by atoms with van der Waals surface area (Å²) in [5, 5.41) is 9.88. The van der Waals surface area contributed by atoms with Crippen LogP contribution in [0.4, 0.5) is 0 Å². The van der Waals surface area contributed by atoms with Crippen molar-refractivity contribution in [2.24, 2.45) is 0 Å². The summed E-state index contributed by atoms with van der Waals surface area (Å²) >= 11 is 0. The molecule has 112 valence electrons. The number of hydrogen-bond donors (Lipinski definition) is 1. The SMILES string of the molecule is CCN(CC)C(=O)C(C)N1CC(O)CC1CN(C)C. The fourth-order valence-corrected chi connectivity index (χ4v) is 2.93. The highest BCUT2D eigenvalue weighted by Crippen LogP contribution is 2.22. The lowest BCUT2D eigenvalue weighted by Crippen LogP contribution is -2.51. The number of likely N-dealkylation sites (tertiary alicyclic amines) is 1. The van der Waals surface area contributed by atoms with Crippen molar-refractivity contribution >= 4 is 5.91 Å². The molecule has 1 heterocycles. The third-order valence-electron chi connectivity index (χ3n) is 3.94. The zero-order valence-electron chi connectivity index (χ0n) is 13.0. The second-order valence-corrected chi connectivity index (χ2v) is 5.69. The number of hydrogen-bond acceptors (Lipinski definition) is 4. The minimum absolute atomic E-state index is 0.151. The Morgan fingerprint density at radius 1 is 1.37 bits per heavy atom. The lowest BCUT2D eigenvalue weighted by molar-refractivity contribution is -0.136. The maximum atomic E-state index is 12.4. The Hall–Kier alpha value is -0.650. The lowest BCUT2D eigenvalue weighted by Gasteiger charge is -2.34. The molecule has 1 rings (SSSR count). The van der Waals surface area contributed by atoms with Gasteiger partial charge < -0.3 is 14.9 Å². The quantitative estimate of drug-likeness (QED) is 0.752. The molecule has 0 aliphatic carbocycles. The molecule has 0 spiro atoms. The van der Waals surface area contributed by atoms with Crippen molar-refractivity contribution in [3.63, 3.8) is 0 Å². The van der Waals surface area contributed by atoms with Crippen molar-refractivity contribution in [3.8, 4) is 0 Å². The Balaban J connectivity index is 2.72. The molecule has 19 heavy (non-hydrogen) atoms. The van der Waals surface area contributed by atoms with Gasteiger partial charge in [0.2, 0.25) is 5.91 Å². The van der Waals surface area contributed by atoms with Crippen LogP contribution in [0.5, 0.6) is 0 Å². The highest BCUT2D eigenvalue weighted by atomic mass is 16.3. The molecule has 5 heteroatoms. The molecule has 5 nitrogen and oxygen atoms in total. The van der Waals surface area contributed by atoms with E-state index in [9.17, 15) is 9.90 Å². The summed E-state index contributed by atoms with van der Waals surface area (Å²) in [5.74, 6) is 0.169. The summed E-state index contributed by atoms with van der Waals surface area (Å²) < 4.78 is 0. The van der Waals surface area contributed by atoms with E-state index in [2.05, 4.69) is 9.80 Å². The minimum atomic E-state index is -0.308. The van der Waals surface area contributed by atoms with Crippen LogP contribution in [0.2, 0.25) is 0 Å². The van der Waals surface area contributed by atoms with Crippen LogP contribution >= 0.6 is 0 Å². The van der Waals surface area contributed by atoms with Crippen molar-refractivity contribution in [1.82, 2.24) is 14.7 Å². The maximum Gasteiger partial charge on any atom is 0.239 e. The number of nitrogens with zero attached hydrogens (tertiary/aromatic N) is 3. The molecule has 0 aromatic rings. The van der Waals surface area contributed by atoms with E-state index in [4.69, 9.17) is 0 Å². The van der Waals surface area contributed by atoms with E-state index in [0.29, 0.717) is 6.54 Å². The summed E-state index contributed by atoms with van der Waals surface area (Å²) in [4.78, 5) is 18.6. The summed E-state index contributed by atoms with van der Waals surface area (Å²) in [6.07, 6.45) is 0.450. The highest BCUT2D eigenvalue weighted by Gasteiger charge is 2.37. The molecular formula is C14H29N3O2. The number of amides is 1. The Labute approximate surface area is 117 Å². The first-order valence-corrected chi connectivity index (χ1v) is 7.27. The Morgan fingerprint density at radius 3 is 2.42 bits per heavy atom. The first kappa shape index (κ1) is 16.4. The summed E-state index contributed by atoms with van der Waals surface area (Å²) in [7, 11) is 4.06. The van der Waals surface area contributed by atoms with E-state index >= 15 is 0 Å². The van der Waals surface area contributed by atoms with Crippen LogP contribution in [0, 0.1) is 0 Å². The van der Waals surface area contributed by atoms with Gasteiger partial charge in [0.05, 0.1) is 12.1 Å². The van der Waals surface area contributed by atoms with E-state index in [0.717, 1.165) is 26.1 Å². The van der Waals surface area contributed by atoms with Crippen molar-refractivity contribution in [2.75, 3.05) is 40.3 Å². The number of carbonyl (C=O) groups excluding carboxylic acids is 1. The molecule has 1 aliphatic rings. The minimum Gasteiger partial charge on any atom is -0.392 e. The van der Waals surface area contributed by atoms with Crippen molar-refractivity contribution in [1.29, 1.82) is 0 Å². The summed E-state index contributed by atoms with van der Waals surface area (Å²) in [6.45, 7) is 8.94. The fraction of sp³-hybridized carbons (Fsp3) is 0.929. The topological polar surface area (TPSA) is 47.0 Å². The first-order valence-electron chi connectivity index (χ1n) is 7.27. The number of carbonyl (C=O) groups is 1. The molecule has 1 N–H and O–H groups in total. The predicted molar refractivity (Wildman–Crippen MR) is 77.1 cm³/mol. The van der Waals surface area contributed by atoms with Crippen molar-refractivity contribution < 1.29 is 9.90 Å². The number of β-amino-alcohol motifs (C(OH)–C–C–N with tert-alkyl or cyclic N) is 1. The average molecular weight is 271 g/mol. The normalized spacial score (nSPS) is 25.8. The van der Waals surface area contributed by atoms with Crippen molar-refractivity contribution in [3.05, 3.63) is 0 Å². The molecule has 0 saturated carbocycles. The van der Waals surface area contributed by atoms with Crippen LogP contribution in [-0.4, -0.2) is 84.2 Å². The van der Waals surface area contributed by atoms with Crippen LogP contribution < -0.4 is 0 Å². The molecule has 0 aromatic carbocycles. The van der Waals surface area contributed by atoms with Gasteiger partial charge in [0.25, 0.3) is 0 Å². The largest absolute Gasteiger partial charge is 0.392 e. The first-order chi connectivity index (χ1) is 8.90. The molecule has 3 atom stereocenters. The van der Waals surface area contributed by atoms with Gasteiger partial charge in [-0.2, -0.15) is 0 Å². The highest BCUT2D eigenvalue weighted by molar-refractivity contribution is 5.81. The Morgan fingerprint density at radius 2 is 1.95 bits per heavy atom. The molecule has 1 saturated heterocycles. The van der Waals surface area contributed by atoms with Gasteiger partial charge in [-0.05, 0) is 41.3 Å². The summed E-state index contributed by atoms with van der Waals surface area (Å²) in [6, 6.07) is 0.113. The van der Waals surface area contributed by atoms with Crippen LogP contribution in [0.15, 0.2) is 0 Å². The zero-order chi connectivity index (χ0) is 14.6. The number of rotatable bonds is 6. The summed E-state index contributed by atoms with van der Waals surface area (Å²) in [5.41, 5.74) is 0. The Bertz CT molecular complexity index is 292. The Kier molecular flexibility index (Phi) is 6.23. The molecule has 1 amide bonds. The van der Waals surface area contributed by atoms with Gasteiger partial charge in [0, 0.05) is 32.2 Å². The standard InChI is InChI=1S/C14H29N3O2/c1-6-16(7-2)14(19)11(3)17-10-13(18)8-12(17)9-15(4)5/h11-13,18H,6-10H2,1-5H3. The fourth-order valence-electron chi connectivity index (χ4n) is 2.93. The van der Waals surface area contributed by atoms with Gasteiger partial charge in [-0.25, -0.2) is 0 Å². The van der Waals surface area contributed by atoms with E-state index in [1.54, 1.807) is 0 Å². The van der Waals surface area contributed by atoms with Gasteiger partial charge in [-0.1, -0.05) is 0 Å². The molecule has 0 radical (unpaired) electrons. The molecule has 0 bridgehead atoms. The molecule has 1 aliphatic heterocycles. The number of likely N-dealkylation sites (N-methyl/N-ethyl adjacent to an activating group) is 2. The van der Waals surface area contributed by atoms with Gasteiger partial charge in [-0.3, -0.25) is 9.69 Å². The van der Waals surface area contributed by atoms with E-state index in [-0.39, 0.29) is 24.1 Å². The maximum absolute atomic E-state index is 12.4.